The number of nitrogens with two attached hydrogens (primary N) is 1. The maximum absolute atomic E-state index is 12.1. The molecule has 3 N–H and O–H groups in total. The first-order chi connectivity index (χ1) is 12.8. The summed E-state index contributed by atoms with van der Waals surface area (Å²) in [4.78, 5) is 18.8. The Balaban J connectivity index is 2.13. The van der Waals surface area contributed by atoms with E-state index in [1.165, 1.54) is 12.1 Å². The van der Waals surface area contributed by atoms with Gasteiger partial charge in [0.2, 0.25) is 10.0 Å². The van der Waals surface area contributed by atoms with E-state index in [2.05, 4.69) is 15.2 Å². The molecule has 0 aromatic heterocycles. The summed E-state index contributed by atoms with van der Waals surface area (Å²) in [5, 5.41) is 8.43. The number of nitrogens with zero attached hydrogens (tertiary/aromatic N) is 2. The number of likely N-dealkylation sites (tertiary alicyclic amines) is 1. The third kappa shape index (κ3) is 6.21. The SMILES string of the molecule is CCNC(=NCc1cccc(S(N)(=O)=O)c1)N1CCCC(C(=O)OCC)C1. The van der Waals surface area contributed by atoms with Gasteiger partial charge in [-0.2, -0.15) is 0 Å². The predicted octanol–water partition coefficient (Wildman–Crippen LogP) is 1.07. The summed E-state index contributed by atoms with van der Waals surface area (Å²) in [6.07, 6.45) is 1.69. The topological polar surface area (TPSA) is 114 Å². The zero-order valence-corrected chi connectivity index (χ0v) is 16.7. The second-order valence-electron chi connectivity index (χ2n) is 6.40. The first-order valence-corrected chi connectivity index (χ1v) is 10.7. The van der Waals surface area contributed by atoms with Gasteiger partial charge < -0.3 is 15.0 Å². The normalized spacial score (nSPS) is 18.3. The molecule has 1 aliphatic heterocycles. The maximum Gasteiger partial charge on any atom is 0.310 e. The van der Waals surface area contributed by atoms with Crippen molar-refractivity contribution in [1.82, 2.24) is 10.2 Å². The van der Waals surface area contributed by atoms with Crippen molar-refractivity contribution in [2.45, 2.75) is 38.1 Å². The van der Waals surface area contributed by atoms with Gasteiger partial charge in [-0.3, -0.25) is 4.79 Å². The number of carbonyl (C=O) groups is 1. The van der Waals surface area contributed by atoms with Crippen molar-refractivity contribution in [3.8, 4) is 0 Å². The van der Waals surface area contributed by atoms with E-state index < -0.39 is 10.0 Å². The summed E-state index contributed by atoms with van der Waals surface area (Å²) < 4.78 is 28.2. The third-order valence-electron chi connectivity index (χ3n) is 4.31. The van der Waals surface area contributed by atoms with Crippen molar-refractivity contribution in [2.75, 3.05) is 26.2 Å². The van der Waals surface area contributed by atoms with Crippen LogP contribution in [-0.4, -0.2) is 51.5 Å². The molecule has 2 rings (SSSR count). The van der Waals surface area contributed by atoms with E-state index in [0.29, 0.717) is 32.2 Å². The van der Waals surface area contributed by atoms with Crippen molar-refractivity contribution in [3.63, 3.8) is 0 Å². The number of benzene rings is 1. The highest BCUT2D eigenvalue weighted by atomic mass is 32.2. The molecular formula is C18H28N4O4S. The lowest BCUT2D eigenvalue weighted by Crippen LogP contribution is -2.48. The van der Waals surface area contributed by atoms with Crippen molar-refractivity contribution >= 4 is 22.0 Å². The van der Waals surface area contributed by atoms with Gasteiger partial charge in [-0.05, 0) is 44.4 Å². The first-order valence-electron chi connectivity index (χ1n) is 9.16. The molecule has 1 heterocycles. The number of hydrogen-bond donors (Lipinski definition) is 2. The molecule has 8 nitrogen and oxygen atoms in total. The third-order valence-corrected chi connectivity index (χ3v) is 5.23. The number of piperidine rings is 1. The average molecular weight is 397 g/mol. The summed E-state index contributed by atoms with van der Waals surface area (Å²) in [6.45, 7) is 6.53. The summed E-state index contributed by atoms with van der Waals surface area (Å²) in [6, 6.07) is 6.44. The summed E-state index contributed by atoms with van der Waals surface area (Å²) in [7, 11) is -3.74. The highest BCUT2D eigenvalue weighted by Gasteiger charge is 2.28. The van der Waals surface area contributed by atoms with Crippen LogP contribution in [0.15, 0.2) is 34.2 Å². The Bertz CT molecular complexity index is 779. The Morgan fingerprint density at radius 1 is 1.41 bits per heavy atom. The standard InChI is InChI=1S/C18H28N4O4S/c1-3-20-18(22-10-6-8-15(13-22)17(23)26-4-2)21-12-14-7-5-9-16(11-14)27(19,24)25/h5,7,9,11,15H,3-4,6,8,10,12-13H2,1-2H3,(H,20,21)(H2,19,24,25). The number of carbonyl (C=O) groups excluding carboxylic acids is 1. The number of primary sulfonamides is 1. The van der Waals surface area contributed by atoms with E-state index in [1.54, 1.807) is 19.1 Å². The molecule has 0 amide bonds. The van der Waals surface area contributed by atoms with Gasteiger partial charge in [-0.25, -0.2) is 18.5 Å². The van der Waals surface area contributed by atoms with Crippen LogP contribution in [0.3, 0.4) is 0 Å². The largest absolute Gasteiger partial charge is 0.466 e. The molecular weight excluding hydrogens is 368 g/mol. The molecule has 1 unspecified atom stereocenters. The van der Waals surface area contributed by atoms with E-state index in [0.717, 1.165) is 24.9 Å². The Labute approximate surface area is 160 Å². The van der Waals surface area contributed by atoms with E-state index in [-0.39, 0.29) is 16.8 Å². The van der Waals surface area contributed by atoms with Crippen LogP contribution in [0.4, 0.5) is 0 Å². The minimum atomic E-state index is -3.74. The van der Waals surface area contributed by atoms with Crippen LogP contribution in [0.25, 0.3) is 0 Å². The van der Waals surface area contributed by atoms with Gasteiger partial charge >= 0.3 is 5.97 Å². The molecule has 9 heteroatoms. The van der Waals surface area contributed by atoms with Gasteiger partial charge in [-0.1, -0.05) is 12.1 Å². The fourth-order valence-electron chi connectivity index (χ4n) is 3.03. The van der Waals surface area contributed by atoms with Gasteiger partial charge in [0, 0.05) is 19.6 Å². The molecule has 1 aromatic rings. The first kappa shape index (κ1) is 21.2. The lowest BCUT2D eigenvalue weighted by molar-refractivity contribution is -0.149. The number of esters is 1. The molecule has 150 valence electrons. The van der Waals surface area contributed by atoms with Gasteiger partial charge in [0.15, 0.2) is 5.96 Å². The van der Waals surface area contributed by atoms with Gasteiger partial charge in [-0.15, -0.1) is 0 Å². The highest BCUT2D eigenvalue weighted by Crippen LogP contribution is 2.18. The van der Waals surface area contributed by atoms with Crippen LogP contribution < -0.4 is 10.5 Å². The van der Waals surface area contributed by atoms with E-state index in [4.69, 9.17) is 9.88 Å². The molecule has 0 saturated carbocycles. The Kier molecular flexibility index (Phi) is 7.61. The summed E-state index contributed by atoms with van der Waals surface area (Å²) in [5.41, 5.74) is 0.746. The van der Waals surface area contributed by atoms with Crippen LogP contribution in [0.1, 0.15) is 32.3 Å². The number of aliphatic imine (C=N–C) groups is 1. The summed E-state index contributed by atoms with van der Waals surface area (Å²) in [5.74, 6) is 0.375. The lowest BCUT2D eigenvalue weighted by Gasteiger charge is -2.34. The molecule has 1 aromatic carbocycles. The van der Waals surface area contributed by atoms with Crippen molar-refractivity contribution in [1.29, 1.82) is 0 Å². The molecule has 27 heavy (non-hydrogen) atoms. The average Bonchev–Trinajstić information content (AvgIpc) is 2.65. The molecule has 0 radical (unpaired) electrons. The van der Waals surface area contributed by atoms with Crippen LogP contribution >= 0.6 is 0 Å². The quantitative estimate of drug-likeness (QED) is 0.422. The molecule has 1 aliphatic rings. The Hall–Kier alpha value is -2.13. The number of sulfonamides is 1. The van der Waals surface area contributed by atoms with Crippen molar-refractivity contribution < 1.29 is 17.9 Å². The smallest absolute Gasteiger partial charge is 0.310 e. The highest BCUT2D eigenvalue weighted by molar-refractivity contribution is 7.89. The monoisotopic (exact) mass is 396 g/mol. The minimum Gasteiger partial charge on any atom is -0.466 e. The number of nitrogens with one attached hydrogen (secondary N) is 1. The van der Waals surface area contributed by atoms with Crippen LogP contribution in [0.5, 0.6) is 0 Å². The van der Waals surface area contributed by atoms with Crippen LogP contribution in [0.2, 0.25) is 0 Å². The van der Waals surface area contributed by atoms with Gasteiger partial charge in [0.25, 0.3) is 0 Å². The van der Waals surface area contributed by atoms with Crippen LogP contribution in [0, 0.1) is 5.92 Å². The molecule has 0 spiro atoms. The second-order valence-corrected chi connectivity index (χ2v) is 7.96. The van der Waals surface area contributed by atoms with Gasteiger partial charge in [0.1, 0.15) is 0 Å². The molecule has 1 fully saturated rings. The molecule has 0 bridgehead atoms. The number of guanidine groups is 1. The van der Waals surface area contributed by atoms with Crippen molar-refractivity contribution in [2.24, 2.45) is 16.0 Å². The Morgan fingerprint density at radius 3 is 2.85 bits per heavy atom. The Morgan fingerprint density at radius 2 is 2.19 bits per heavy atom. The van der Waals surface area contributed by atoms with Crippen LogP contribution in [-0.2, 0) is 26.1 Å². The zero-order chi connectivity index (χ0) is 19.9. The number of hydrogen-bond acceptors (Lipinski definition) is 5. The maximum atomic E-state index is 12.1. The number of rotatable bonds is 6. The molecule has 1 atom stereocenters. The number of ether oxygens (including phenoxy) is 1. The second kappa shape index (κ2) is 9.70. The predicted molar refractivity (Wildman–Crippen MR) is 104 cm³/mol. The van der Waals surface area contributed by atoms with E-state index in [1.807, 2.05) is 6.92 Å². The lowest BCUT2D eigenvalue weighted by atomic mass is 9.98. The van der Waals surface area contributed by atoms with Gasteiger partial charge in [0.05, 0.1) is 24.0 Å². The summed E-state index contributed by atoms with van der Waals surface area (Å²) >= 11 is 0. The molecule has 0 aliphatic carbocycles. The van der Waals surface area contributed by atoms with E-state index >= 15 is 0 Å². The fraction of sp³-hybridized carbons (Fsp3) is 0.556. The fourth-order valence-corrected chi connectivity index (χ4v) is 3.62. The van der Waals surface area contributed by atoms with Crippen molar-refractivity contribution in [3.05, 3.63) is 29.8 Å². The van der Waals surface area contributed by atoms with E-state index in [9.17, 15) is 13.2 Å². The minimum absolute atomic E-state index is 0.0700. The molecule has 1 saturated heterocycles. The zero-order valence-electron chi connectivity index (χ0n) is 15.8.